The minimum Gasteiger partial charge on any atom is -0.342 e. The van der Waals surface area contributed by atoms with E-state index in [4.69, 9.17) is 0 Å². The molecule has 6 heteroatoms. The van der Waals surface area contributed by atoms with E-state index in [1.807, 2.05) is 0 Å². The maximum Gasteiger partial charge on any atom is 0.279 e. The molecule has 6 nitrogen and oxygen atoms in total. The molecular weight excluding hydrogens is 306 g/mol. The second-order valence-electron chi connectivity index (χ2n) is 6.75. The maximum atomic E-state index is 12.2. The third-order valence-electron chi connectivity index (χ3n) is 4.94. The molecule has 1 heterocycles. The fourth-order valence-corrected chi connectivity index (χ4v) is 3.61. The summed E-state index contributed by atoms with van der Waals surface area (Å²) in [5.74, 6) is -0.236. The molecule has 3 rings (SSSR count). The van der Waals surface area contributed by atoms with E-state index in [-0.39, 0.29) is 36.1 Å². The Morgan fingerprint density at radius 3 is 2.62 bits per heavy atom. The Kier molecular flexibility index (Phi) is 4.94. The van der Waals surface area contributed by atoms with E-state index in [0.29, 0.717) is 17.3 Å². The van der Waals surface area contributed by atoms with Crippen LogP contribution in [0.1, 0.15) is 49.4 Å². The molecule has 24 heavy (non-hydrogen) atoms. The van der Waals surface area contributed by atoms with E-state index in [2.05, 4.69) is 16.0 Å². The number of piperazine rings is 1. The maximum absolute atomic E-state index is 12.2. The van der Waals surface area contributed by atoms with Crippen molar-refractivity contribution in [3.63, 3.8) is 0 Å². The zero-order chi connectivity index (χ0) is 17.1. The van der Waals surface area contributed by atoms with E-state index in [9.17, 15) is 14.4 Å². The largest absolute Gasteiger partial charge is 0.342 e. The molecule has 2 amide bonds. The van der Waals surface area contributed by atoms with Crippen LogP contribution in [-0.4, -0.2) is 35.7 Å². The molecule has 2 fully saturated rings. The lowest BCUT2D eigenvalue weighted by atomic mass is 9.87. The number of Topliss-reactive ketones (excluding diaryl/α,β-unsaturated/α-hetero) is 1. The number of carbonyl (C=O) groups excluding carboxylic acids is 3. The Hall–Kier alpha value is -2.21. The molecule has 128 valence electrons. The molecule has 0 radical (unpaired) electrons. The van der Waals surface area contributed by atoms with Gasteiger partial charge in [-0.2, -0.15) is 0 Å². The van der Waals surface area contributed by atoms with Gasteiger partial charge in [-0.3, -0.25) is 14.4 Å². The van der Waals surface area contributed by atoms with Crippen molar-refractivity contribution in [1.29, 1.82) is 0 Å². The first-order valence-electron chi connectivity index (χ1n) is 8.59. The van der Waals surface area contributed by atoms with Gasteiger partial charge < -0.3 is 16.0 Å². The Bertz CT molecular complexity index is 641. The number of nitrogens with one attached hydrogen (secondary N) is 2. The van der Waals surface area contributed by atoms with Crippen molar-refractivity contribution < 1.29 is 19.7 Å². The SMILES string of the molecule is CC(=O)c1ccc(NC(=O)C[C@@H]2[NH2+][C@H]3CCCC[C@H]3NC2=O)cc1. The number of hydrogen-bond acceptors (Lipinski definition) is 3. The Morgan fingerprint density at radius 1 is 1.21 bits per heavy atom. The number of quaternary nitrogens is 1. The Morgan fingerprint density at radius 2 is 1.92 bits per heavy atom. The molecular formula is C18H24N3O3+. The summed E-state index contributed by atoms with van der Waals surface area (Å²) >= 11 is 0. The lowest BCUT2D eigenvalue weighted by Crippen LogP contribution is -3.03. The van der Waals surface area contributed by atoms with Crippen LogP contribution in [0.2, 0.25) is 0 Å². The van der Waals surface area contributed by atoms with Gasteiger partial charge in [-0.25, -0.2) is 0 Å². The zero-order valence-corrected chi connectivity index (χ0v) is 13.9. The van der Waals surface area contributed by atoms with Gasteiger partial charge in [-0.05, 0) is 44.0 Å². The molecule has 2 aliphatic rings. The van der Waals surface area contributed by atoms with Crippen molar-refractivity contribution in [2.75, 3.05) is 5.32 Å². The van der Waals surface area contributed by atoms with Gasteiger partial charge in [0, 0.05) is 17.7 Å². The molecule has 1 aliphatic heterocycles. The number of carbonyl (C=O) groups is 3. The number of benzene rings is 1. The van der Waals surface area contributed by atoms with Crippen LogP contribution >= 0.6 is 0 Å². The van der Waals surface area contributed by atoms with Crippen molar-refractivity contribution in [2.24, 2.45) is 0 Å². The van der Waals surface area contributed by atoms with Crippen LogP contribution in [0.3, 0.4) is 0 Å². The van der Waals surface area contributed by atoms with Gasteiger partial charge in [-0.15, -0.1) is 0 Å². The fraction of sp³-hybridized carbons (Fsp3) is 0.500. The Balaban J connectivity index is 1.56. The smallest absolute Gasteiger partial charge is 0.279 e. The van der Waals surface area contributed by atoms with E-state index in [0.717, 1.165) is 19.3 Å². The summed E-state index contributed by atoms with van der Waals surface area (Å²) in [6, 6.07) is 7.07. The predicted molar refractivity (Wildman–Crippen MR) is 89.6 cm³/mol. The van der Waals surface area contributed by atoms with Crippen LogP contribution in [0.5, 0.6) is 0 Å². The molecule has 1 aromatic carbocycles. The third kappa shape index (κ3) is 3.82. The summed E-state index contributed by atoms with van der Waals surface area (Å²) in [6.07, 6.45) is 4.64. The number of fused-ring (bicyclic) bond motifs is 1. The molecule has 1 saturated carbocycles. The Labute approximate surface area is 141 Å². The summed E-state index contributed by atoms with van der Waals surface area (Å²) in [6.45, 7) is 1.50. The van der Waals surface area contributed by atoms with E-state index < -0.39 is 0 Å². The van der Waals surface area contributed by atoms with Gasteiger partial charge in [0.25, 0.3) is 5.91 Å². The number of hydrogen-bond donors (Lipinski definition) is 3. The van der Waals surface area contributed by atoms with Gasteiger partial charge >= 0.3 is 0 Å². The van der Waals surface area contributed by atoms with Crippen molar-refractivity contribution in [3.05, 3.63) is 29.8 Å². The highest BCUT2D eigenvalue weighted by Gasteiger charge is 2.40. The molecule has 1 aromatic rings. The first-order chi connectivity index (χ1) is 11.5. The van der Waals surface area contributed by atoms with Crippen LogP contribution in [0, 0.1) is 0 Å². The average molecular weight is 330 g/mol. The number of nitrogens with two attached hydrogens (primary N) is 1. The summed E-state index contributed by atoms with van der Waals surface area (Å²) < 4.78 is 0. The van der Waals surface area contributed by atoms with Crippen molar-refractivity contribution in [1.82, 2.24) is 5.32 Å². The standard InChI is InChI=1S/C18H23N3O3/c1-11(22)12-6-8-13(9-7-12)19-17(23)10-16-18(24)21-15-5-3-2-4-14(15)20-16/h6-9,14-16,20H,2-5,10H2,1H3,(H,19,23)(H,21,24)/p+1/t14-,15+,16-/m0/s1. The predicted octanol–water partition coefficient (Wildman–Crippen LogP) is 0.591. The summed E-state index contributed by atoms with van der Waals surface area (Å²) in [5.41, 5.74) is 1.24. The van der Waals surface area contributed by atoms with E-state index in [1.165, 1.54) is 13.3 Å². The molecule has 1 aliphatic carbocycles. The van der Waals surface area contributed by atoms with Crippen LogP contribution < -0.4 is 16.0 Å². The highest BCUT2D eigenvalue weighted by molar-refractivity contribution is 5.97. The number of anilines is 1. The summed E-state index contributed by atoms with van der Waals surface area (Å²) in [5, 5.41) is 7.94. The zero-order valence-electron chi connectivity index (χ0n) is 13.9. The molecule has 0 aromatic heterocycles. The molecule has 1 saturated heterocycles. The van der Waals surface area contributed by atoms with Crippen LogP contribution in [0.25, 0.3) is 0 Å². The minimum atomic E-state index is -0.360. The third-order valence-corrected chi connectivity index (χ3v) is 4.94. The summed E-state index contributed by atoms with van der Waals surface area (Å²) in [4.78, 5) is 35.7. The van der Waals surface area contributed by atoms with Gasteiger partial charge in [0.15, 0.2) is 11.8 Å². The molecule has 3 atom stereocenters. The second-order valence-corrected chi connectivity index (χ2v) is 6.75. The highest BCUT2D eigenvalue weighted by atomic mass is 16.2. The van der Waals surface area contributed by atoms with Gasteiger partial charge in [0.2, 0.25) is 5.91 Å². The topological polar surface area (TPSA) is 91.9 Å². The lowest BCUT2D eigenvalue weighted by Gasteiger charge is -2.37. The monoisotopic (exact) mass is 330 g/mol. The molecule has 4 N–H and O–H groups in total. The highest BCUT2D eigenvalue weighted by Crippen LogP contribution is 2.18. The van der Waals surface area contributed by atoms with Crippen LogP contribution in [0.15, 0.2) is 24.3 Å². The van der Waals surface area contributed by atoms with E-state index in [1.54, 1.807) is 24.3 Å². The van der Waals surface area contributed by atoms with Crippen LogP contribution in [0.4, 0.5) is 5.69 Å². The second kappa shape index (κ2) is 7.13. The lowest BCUT2D eigenvalue weighted by molar-refractivity contribution is -0.718. The normalized spacial score (nSPS) is 26.2. The quantitative estimate of drug-likeness (QED) is 0.706. The average Bonchev–Trinajstić information content (AvgIpc) is 2.56. The van der Waals surface area contributed by atoms with Crippen molar-refractivity contribution in [2.45, 2.75) is 57.2 Å². The number of amides is 2. The minimum absolute atomic E-state index is 0.0108. The van der Waals surface area contributed by atoms with Crippen molar-refractivity contribution >= 4 is 23.3 Å². The number of rotatable bonds is 4. The van der Waals surface area contributed by atoms with Crippen molar-refractivity contribution in [3.8, 4) is 0 Å². The molecule has 0 unspecified atom stereocenters. The van der Waals surface area contributed by atoms with Gasteiger partial charge in [0.05, 0.1) is 12.5 Å². The van der Waals surface area contributed by atoms with Gasteiger partial charge in [0.1, 0.15) is 6.04 Å². The van der Waals surface area contributed by atoms with E-state index >= 15 is 0 Å². The number of ketones is 1. The van der Waals surface area contributed by atoms with Gasteiger partial charge in [-0.1, -0.05) is 6.42 Å². The first-order valence-corrected chi connectivity index (χ1v) is 8.59. The first kappa shape index (κ1) is 16.6. The van der Waals surface area contributed by atoms with Crippen LogP contribution in [-0.2, 0) is 9.59 Å². The summed E-state index contributed by atoms with van der Waals surface area (Å²) in [7, 11) is 0. The molecule has 0 bridgehead atoms. The fourth-order valence-electron chi connectivity index (χ4n) is 3.61. The molecule has 0 spiro atoms.